The highest BCUT2D eigenvalue weighted by Crippen LogP contribution is 2.50. The Morgan fingerprint density at radius 1 is 0.967 bits per heavy atom. The van der Waals surface area contributed by atoms with E-state index >= 15 is 0 Å². The van der Waals surface area contributed by atoms with E-state index in [-0.39, 0.29) is 11.3 Å². The molecular weight excluding hydrogens is 444 g/mol. The maximum absolute atomic E-state index is 13.5. The molecule has 0 fully saturated rings. The second-order valence-electron chi connectivity index (χ2n) is 7.48. The van der Waals surface area contributed by atoms with Crippen LogP contribution in [0.3, 0.4) is 0 Å². The van der Waals surface area contributed by atoms with Gasteiger partial charge in [0.2, 0.25) is 0 Å². The molecule has 1 aliphatic heterocycles. The van der Waals surface area contributed by atoms with Gasteiger partial charge in [-0.25, -0.2) is 0 Å². The summed E-state index contributed by atoms with van der Waals surface area (Å²) in [7, 11) is 0. The second kappa shape index (κ2) is 7.26. The van der Waals surface area contributed by atoms with Gasteiger partial charge in [0, 0.05) is 22.4 Å². The van der Waals surface area contributed by atoms with Gasteiger partial charge in [0.05, 0.1) is 5.56 Å². The maximum Gasteiger partial charge on any atom is 0.322 e. The number of phenolic OH excluding ortho intramolecular Hbond substituents is 1. The molecule has 1 aliphatic carbocycles. The van der Waals surface area contributed by atoms with Crippen molar-refractivity contribution in [1.29, 1.82) is 0 Å². The third-order valence-corrected chi connectivity index (χ3v) is 6.29. The quantitative estimate of drug-likeness (QED) is 0.328. The van der Waals surface area contributed by atoms with Crippen LogP contribution in [-0.2, 0) is 16.0 Å². The predicted molar refractivity (Wildman–Crippen MR) is 116 cm³/mol. The molecule has 2 atom stereocenters. The van der Waals surface area contributed by atoms with Crippen molar-refractivity contribution >= 4 is 33.3 Å². The van der Waals surface area contributed by atoms with Crippen molar-refractivity contribution in [2.24, 2.45) is 5.92 Å². The highest BCUT2D eigenvalue weighted by molar-refractivity contribution is 9.10. The van der Waals surface area contributed by atoms with Crippen LogP contribution in [0.5, 0.6) is 5.75 Å². The largest absolute Gasteiger partial charge is 0.507 e. The first-order chi connectivity index (χ1) is 14.5. The number of aromatic hydroxyl groups is 1. The molecule has 3 aromatic carbocycles. The van der Waals surface area contributed by atoms with Gasteiger partial charge in [-0.15, -0.1) is 0 Å². The lowest BCUT2D eigenvalue weighted by Crippen LogP contribution is -2.36. The average molecular weight is 461 g/mol. The topological polar surface area (TPSA) is 63.6 Å². The van der Waals surface area contributed by atoms with Crippen molar-refractivity contribution in [3.05, 3.63) is 105 Å². The predicted octanol–water partition coefficient (Wildman–Crippen LogP) is 5.26. The van der Waals surface area contributed by atoms with Gasteiger partial charge < -0.3 is 9.84 Å². The number of carbonyl (C=O) groups excluding carboxylic acids is 2. The Bertz CT molecular complexity index is 1210. The zero-order chi connectivity index (χ0) is 20.8. The molecule has 0 bridgehead atoms. The number of Topliss-reactive ketones (excluding diaryl/α,β-unsaturated/α-hetero) is 1. The lowest BCUT2D eigenvalue weighted by Gasteiger charge is -2.32. The van der Waals surface area contributed by atoms with Crippen LogP contribution in [0.25, 0.3) is 5.57 Å². The number of ether oxygens (including phenoxy) is 1. The monoisotopic (exact) mass is 460 g/mol. The third kappa shape index (κ3) is 2.97. The highest BCUT2D eigenvalue weighted by atomic mass is 79.9. The number of phenols is 1. The lowest BCUT2D eigenvalue weighted by atomic mass is 9.74. The standard InChI is InChI=1S/C25H17BrO4/c26-16-11-9-14(10-12-16)21-22-17-6-2-1-5-15(17)13-20(22)30-25(29)23(21)24(28)18-7-3-4-8-19(18)27/h1-12,21,23,27H,13H2. The summed E-state index contributed by atoms with van der Waals surface area (Å²) in [5.41, 5.74) is 3.93. The van der Waals surface area contributed by atoms with Gasteiger partial charge in [0.1, 0.15) is 17.4 Å². The Kier molecular flexibility index (Phi) is 4.55. The molecule has 0 radical (unpaired) electrons. The number of fused-ring (bicyclic) bond motifs is 2. The molecular formula is C25H17BrO4. The van der Waals surface area contributed by atoms with Gasteiger partial charge in [-0.05, 0) is 41.0 Å². The molecule has 0 saturated heterocycles. The van der Waals surface area contributed by atoms with E-state index in [0.717, 1.165) is 26.7 Å². The Hall–Kier alpha value is -3.18. The van der Waals surface area contributed by atoms with Crippen LogP contribution in [0.2, 0.25) is 0 Å². The van der Waals surface area contributed by atoms with Crippen LogP contribution in [0.4, 0.5) is 0 Å². The minimum Gasteiger partial charge on any atom is -0.507 e. The number of ketones is 1. The number of hydrogen-bond acceptors (Lipinski definition) is 4. The smallest absolute Gasteiger partial charge is 0.322 e. The van der Waals surface area contributed by atoms with Crippen molar-refractivity contribution in [2.45, 2.75) is 12.3 Å². The molecule has 5 heteroatoms. The van der Waals surface area contributed by atoms with Gasteiger partial charge >= 0.3 is 5.97 Å². The first kappa shape index (κ1) is 18.8. The summed E-state index contributed by atoms with van der Waals surface area (Å²) < 4.78 is 6.60. The molecule has 2 unspecified atom stereocenters. The van der Waals surface area contributed by atoms with E-state index < -0.39 is 23.6 Å². The van der Waals surface area contributed by atoms with Crippen molar-refractivity contribution in [2.75, 3.05) is 0 Å². The number of para-hydroxylation sites is 1. The Balaban J connectivity index is 1.70. The fourth-order valence-electron chi connectivity index (χ4n) is 4.41. The third-order valence-electron chi connectivity index (χ3n) is 5.76. The van der Waals surface area contributed by atoms with Crippen molar-refractivity contribution in [3.63, 3.8) is 0 Å². The Labute approximate surface area is 181 Å². The zero-order valence-electron chi connectivity index (χ0n) is 15.8. The number of carbonyl (C=O) groups is 2. The van der Waals surface area contributed by atoms with E-state index in [9.17, 15) is 14.7 Å². The van der Waals surface area contributed by atoms with Crippen LogP contribution in [0, 0.1) is 5.92 Å². The fourth-order valence-corrected chi connectivity index (χ4v) is 4.68. The van der Waals surface area contributed by atoms with Crippen molar-refractivity contribution < 1.29 is 19.4 Å². The van der Waals surface area contributed by atoms with Crippen LogP contribution in [0.15, 0.2) is 83.0 Å². The summed E-state index contributed by atoms with van der Waals surface area (Å²) in [6.07, 6.45) is 0.530. The average Bonchev–Trinajstić information content (AvgIpc) is 3.11. The SMILES string of the molecule is O=C1OC2=C(c3ccccc3C2)C(c2ccc(Br)cc2)C1C(=O)c1ccccc1O. The number of esters is 1. The van der Waals surface area contributed by atoms with Gasteiger partial charge in [-0.2, -0.15) is 0 Å². The van der Waals surface area contributed by atoms with E-state index in [0.29, 0.717) is 12.2 Å². The number of rotatable bonds is 3. The molecule has 3 aromatic rings. The second-order valence-corrected chi connectivity index (χ2v) is 8.40. The molecule has 0 saturated carbocycles. The molecule has 30 heavy (non-hydrogen) atoms. The van der Waals surface area contributed by atoms with Crippen LogP contribution in [-0.4, -0.2) is 16.9 Å². The van der Waals surface area contributed by atoms with Crippen LogP contribution in [0.1, 0.15) is 33.0 Å². The van der Waals surface area contributed by atoms with E-state index in [2.05, 4.69) is 15.9 Å². The van der Waals surface area contributed by atoms with E-state index in [4.69, 9.17) is 4.74 Å². The first-order valence-corrected chi connectivity index (χ1v) is 10.4. The lowest BCUT2D eigenvalue weighted by molar-refractivity contribution is -0.143. The summed E-state index contributed by atoms with van der Waals surface area (Å²) in [6, 6.07) is 21.9. The van der Waals surface area contributed by atoms with Gasteiger partial charge in [-0.1, -0.05) is 64.5 Å². The van der Waals surface area contributed by atoms with Crippen molar-refractivity contribution in [3.8, 4) is 5.75 Å². The van der Waals surface area contributed by atoms with Gasteiger partial charge in [-0.3, -0.25) is 9.59 Å². The number of hydrogen-bond donors (Lipinski definition) is 1. The minimum atomic E-state index is -1.08. The summed E-state index contributed by atoms with van der Waals surface area (Å²) in [5, 5.41) is 10.2. The molecule has 1 N–H and O–H groups in total. The fraction of sp³-hybridized carbons (Fsp3) is 0.120. The van der Waals surface area contributed by atoms with Gasteiger partial charge in [0.15, 0.2) is 5.78 Å². The molecule has 0 amide bonds. The molecule has 1 heterocycles. The van der Waals surface area contributed by atoms with Crippen LogP contribution >= 0.6 is 15.9 Å². The Morgan fingerprint density at radius 3 is 2.43 bits per heavy atom. The molecule has 4 nitrogen and oxygen atoms in total. The van der Waals surface area contributed by atoms with E-state index in [1.54, 1.807) is 12.1 Å². The van der Waals surface area contributed by atoms with Crippen LogP contribution < -0.4 is 0 Å². The molecule has 5 rings (SSSR count). The summed E-state index contributed by atoms with van der Waals surface area (Å²) >= 11 is 3.45. The molecule has 0 spiro atoms. The van der Waals surface area contributed by atoms with E-state index in [1.165, 1.54) is 12.1 Å². The summed E-state index contributed by atoms with van der Waals surface area (Å²) in [4.78, 5) is 26.6. The maximum atomic E-state index is 13.5. The van der Waals surface area contributed by atoms with Gasteiger partial charge in [0.25, 0.3) is 0 Å². The molecule has 148 valence electrons. The summed E-state index contributed by atoms with van der Waals surface area (Å²) in [6.45, 7) is 0. The highest BCUT2D eigenvalue weighted by Gasteiger charge is 2.47. The van der Waals surface area contributed by atoms with Crippen molar-refractivity contribution in [1.82, 2.24) is 0 Å². The number of halogens is 1. The number of allylic oxidation sites excluding steroid dienone is 2. The first-order valence-electron chi connectivity index (χ1n) is 9.65. The zero-order valence-corrected chi connectivity index (χ0v) is 17.4. The molecule has 2 aliphatic rings. The number of benzene rings is 3. The Morgan fingerprint density at radius 2 is 1.67 bits per heavy atom. The molecule has 0 aromatic heterocycles. The summed E-state index contributed by atoms with van der Waals surface area (Å²) in [5.74, 6) is -2.13. The minimum absolute atomic E-state index is 0.122. The normalized spacial score (nSPS) is 19.8. The van der Waals surface area contributed by atoms with E-state index in [1.807, 2.05) is 48.5 Å².